The number of rotatable bonds is 5. The summed E-state index contributed by atoms with van der Waals surface area (Å²) in [5.41, 5.74) is 0. The van der Waals surface area contributed by atoms with Crippen LogP contribution in [0, 0.1) is 0 Å². The molecule has 1 radical (unpaired) electrons. The summed E-state index contributed by atoms with van der Waals surface area (Å²) in [6.45, 7) is 3.91. The van der Waals surface area contributed by atoms with Crippen LogP contribution in [-0.4, -0.2) is 55.6 Å². The van der Waals surface area contributed by atoms with Crippen molar-refractivity contribution in [3.63, 3.8) is 0 Å². The van der Waals surface area contributed by atoms with E-state index in [1.54, 1.807) is 0 Å². The molecule has 0 aromatic carbocycles. The zero-order valence-corrected chi connectivity index (χ0v) is 7.95. The summed E-state index contributed by atoms with van der Waals surface area (Å²) in [4.78, 5) is 2.18. The molecule has 0 aromatic heterocycles. The molecule has 4 nitrogen and oxygen atoms in total. The number of aliphatic hydroxyl groups is 1. The van der Waals surface area contributed by atoms with E-state index in [0.29, 0.717) is 19.4 Å². The fourth-order valence-corrected chi connectivity index (χ4v) is 1.49. The van der Waals surface area contributed by atoms with E-state index in [4.69, 9.17) is 4.74 Å². The van der Waals surface area contributed by atoms with Crippen LogP contribution in [0.25, 0.3) is 0 Å². The van der Waals surface area contributed by atoms with E-state index < -0.39 is 0 Å². The van der Waals surface area contributed by atoms with Gasteiger partial charge < -0.3 is 9.84 Å². The van der Waals surface area contributed by atoms with Crippen molar-refractivity contribution in [1.82, 2.24) is 4.90 Å². The maximum Gasteiger partial charge on any atom is 0.0823 e. The van der Waals surface area contributed by atoms with Gasteiger partial charge in [0.05, 0.1) is 25.9 Å². The van der Waals surface area contributed by atoms with E-state index in [-0.39, 0.29) is 12.7 Å². The van der Waals surface area contributed by atoms with Crippen LogP contribution in [0.1, 0.15) is 12.8 Å². The second-order valence-corrected chi connectivity index (χ2v) is 3.41. The van der Waals surface area contributed by atoms with Crippen molar-refractivity contribution < 1.29 is 14.9 Å². The van der Waals surface area contributed by atoms with Crippen LogP contribution >= 0.6 is 0 Å². The van der Waals surface area contributed by atoms with Crippen LogP contribution in [-0.2, 0) is 9.84 Å². The predicted molar refractivity (Wildman–Crippen MR) is 48.1 cm³/mol. The molecular formula is C9H18NO3. The van der Waals surface area contributed by atoms with Crippen molar-refractivity contribution in [3.05, 3.63) is 0 Å². The molecule has 1 atom stereocenters. The summed E-state index contributed by atoms with van der Waals surface area (Å²) >= 11 is 0. The van der Waals surface area contributed by atoms with E-state index in [9.17, 15) is 10.2 Å². The number of hydrogen-bond donors (Lipinski definition) is 1. The van der Waals surface area contributed by atoms with Crippen molar-refractivity contribution in [2.75, 3.05) is 39.5 Å². The molecule has 1 rings (SSSR count). The summed E-state index contributed by atoms with van der Waals surface area (Å²) in [5, 5.41) is 19.7. The van der Waals surface area contributed by atoms with Gasteiger partial charge in [-0.05, 0) is 12.8 Å². The fraction of sp³-hybridized carbons (Fsp3) is 1.00. The van der Waals surface area contributed by atoms with E-state index in [1.807, 2.05) is 0 Å². The van der Waals surface area contributed by atoms with Gasteiger partial charge in [0.25, 0.3) is 0 Å². The van der Waals surface area contributed by atoms with Gasteiger partial charge in [0.1, 0.15) is 0 Å². The van der Waals surface area contributed by atoms with Crippen molar-refractivity contribution in [1.29, 1.82) is 0 Å². The van der Waals surface area contributed by atoms with Crippen molar-refractivity contribution in [2.24, 2.45) is 0 Å². The second kappa shape index (κ2) is 6.32. The molecule has 1 saturated heterocycles. The van der Waals surface area contributed by atoms with Gasteiger partial charge in [0.2, 0.25) is 0 Å². The molecule has 1 aliphatic heterocycles. The van der Waals surface area contributed by atoms with Gasteiger partial charge >= 0.3 is 0 Å². The molecule has 1 fully saturated rings. The highest BCUT2D eigenvalue weighted by atomic mass is 16.5. The third-order valence-corrected chi connectivity index (χ3v) is 2.25. The van der Waals surface area contributed by atoms with Gasteiger partial charge in [0, 0.05) is 19.6 Å². The Kier molecular flexibility index (Phi) is 5.31. The van der Waals surface area contributed by atoms with Gasteiger partial charge in [-0.1, -0.05) is 0 Å². The Bertz CT molecular complexity index is 126. The lowest BCUT2D eigenvalue weighted by atomic mass is 10.2. The molecule has 1 N–H and O–H groups in total. The van der Waals surface area contributed by atoms with E-state index in [1.165, 1.54) is 0 Å². The molecule has 0 bridgehead atoms. The highest BCUT2D eigenvalue weighted by Gasteiger charge is 2.14. The lowest BCUT2D eigenvalue weighted by Gasteiger charge is -2.28. The first-order valence-corrected chi connectivity index (χ1v) is 4.89. The highest BCUT2D eigenvalue weighted by molar-refractivity contribution is 4.67. The Hall–Kier alpha value is -0.160. The maximum atomic E-state index is 10.2. The number of ether oxygens (including phenoxy) is 1. The van der Waals surface area contributed by atoms with Crippen LogP contribution in [0.3, 0.4) is 0 Å². The summed E-state index contributed by atoms with van der Waals surface area (Å²) in [5.74, 6) is 0. The third kappa shape index (κ3) is 4.57. The number of aliphatic hydroxyl groups excluding tert-OH is 1. The van der Waals surface area contributed by atoms with Crippen LogP contribution in [0.5, 0.6) is 0 Å². The largest absolute Gasteiger partial charge is 0.392 e. The monoisotopic (exact) mass is 188 g/mol. The Morgan fingerprint density at radius 1 is 1.38 bits per heavy atom. The van der Waals surface area contributed by atoms with Crippen LogP contribution in [0.15, 0.2) is 0 Å². The molecule has 1 heterocycles. The van der Waals surface area contributed by atoms with Crippen molar-refractivity contribution >= 4 is 0 Å². The predicted octanol–water partition coefficient (Wildman–Crippen LogP) is -0.110. The Morgan fingerprint density at radius 3 is 2.69 bits per heavy atom. The first-order valence-electron chi connectivity index (χ1n) is 4.89. The number of nitrogens with zero attached hydrogens (tertiary/aromatic N) is 1. The molecule has 13 heavy (non-hydrogen) atoms. The zero-order valence-electron chi connectivity index (χ0n) is 7.95. The normalized spacial score (nSPS) is 21.7. The summed E-state index contributed by atoms with van der Waals surface area (Å²) < 4.78 is 5.19. The van der Waals surface area contributed by atoms with E-state index in [0.717, 1.165) is 26.3 Å². The van der Waals surface area contributed by atoms with Crippen LogP contribution in [0.4, 0.5) is 0 Å². The topological polar surface area (TPSA) is 52.6 Å². The smallest absolute Gasteiger partial charge is 0.0823 e. The van der Waals surface area contributed by atoms with Gasteiger partial charge in [-0.15, -0.1) is 0 Å². The Balaban J connectivity index is 2.07. The molecule has 0 aliphatic carbocycles. The van der Waals surface area contributed by atoms with E-state index in [2.05, 4.69) is 4.90 Å². The molecule has 0 spiro atoms. The standard InChI is InChI=1S/C9H18NO3/c11-5-1-2-9(12)8-10-3-6-13-7-4-10/h9,12H,1-8H2. The number of β-amino-alcohol motifs (C(OH)–C–C–N with tert-alkyl or cyclic N) is 1. The third-order valence-electron chi connectivity index (χ3n) is 2.25. The Morgan fingerprint density at radius 2 is 2.08 bits per heavy atom. The summed E-state index contributed by atoms with van der Waals surface area (Å²) in [7, 11) is 0. The molecule has 0 aromatic rings. The van der Waals surface area contributed by atoms with Crippen LogP contribution in [0.2, 0.25) is 0 Å². The minimum atomic E-state index is -0.341. The first kappa shape index (κ1) is 10.9. The lowest BCUT2D eigenvalue weighted by molar-refractivity contribution is 0.0113. The average molecular weight is 188 g/mol. The van der Waals surface area contributed by atoms with Gasteiger partial charge in [0.15, 0.2) is 0 Å². The van der Waals surface area contributed by atoms with Crippen LogP contribution < -0.4 is 0 Å². The number of morpholine rings is 1. The molecule has 77 valence electrons. The molecule has 0 amide bonds. The number of hydrogen-bond acceptors (Lipinski definition) is 3. The summed E-state index contributed by atoms with van der Waals surface area (Å²) in [6, 6.07) is 0. The van der Waals surface area contributed by atoms with Gasteiger partial charge in [-0.3, -0.25) is 4.90 Å². The Labute approximate surface area is 79.1 Å². The fourth-order valence-electron chi connectivity index (χ4n) is 1.49. The molecular weight excluding hydrogens is 170 g/mol. The highest BCUT2D eigenvalue weighted by Crippen LogP contribution is 2.02. The first-order chi connectivity index (χ1) is 6.33. The average Bonchev–Trinajstić information content (AvgIpc) is 2.16. The van der Waals surface area contributed by atoms with E-state index >= 15 is 0 Å². The zero-order chi connectivity index (χ0) is 9.52. The molecule has 1 aliphatic rings. The second-order valence-electron chi connectivity index (χ2n) is 3.41. The van der Waals surface area contributed by atoms with Crippen molar-refractivity contribution in [3.8, 4) is 0 Å². The minimum absolute atomic E-state index is 0.0832. The molecule has 1 unspecified atom stereocenters. The maximum absolute atomic E-state index is 10.2. The molecule has 0 saturated carbocycles. The quantitative estimate of drug-likeness (QED) is 0.655. The van der Waals surface area contributed by atoms with Crippen molar-refractivity contribution in [2.45, 2.75) is 18.9 Å². The molecule has 4 heteroatoms. The van der Waals surface area contributed by atoms with Gasteiger partial charge in [-0.25, -0.2) is 5.11 Å². The summed E-state index contributed by atoms with van der Waals surface area (Å²) in [6.07, 6.45) is 0.860. The van der Waals surface area contributed by atoms with Gasteiger partial charge in [-0.2, -0.15) is 0 Å². The minimum Gasteiger partial charge on any atom is -0.392 e. The SMILES string of the molecule is [O]CCCC(O)CN1CCOCC1. The lowest BCUT2D eigenvalue weighted by Crippen LogP contribution is -2.40.